The zero-order valence-electron chi connectivity index (χ0n) is 70.8. The largest absolute Gasteiger partial charge is 0.472 e. The number of rotatable bonds is 85. The number of carbonyl (C=O) groups excluding carboxylic acids is 4. The molecule has 19 heteroatoms. The third-order valence-electron chi connectivity index (χ3n) is 21.7. The van der Waals surface area contributed by atoms with E-state index in [0.29, 0.717) is 25.7 Å². The van der Waals surface area contributed by atoms with Crippen LogP contribution >= 0.6 is 15.6 Å². The maximum atomic E-state index is 13.2. The molecule has 0 saturated heterocycles. The van der Waals surface area contributed by atoms with E-state index < -0.39 is 97.5 Å². The van der Waals surface area contributed by atoms with Gasteiger partial charge in [-0.1, -0.05) is 409 Å². The number of ether oxygens (including phenoxy) is 4. The normalized spacial score (nSPS) is 14.7. The summed E-state index contributed by atoms with van der Waals surface area (Å²) in [6.07, 6.45) is 66.7. The van der Waals surface area contributed by atoms with E-state index in [-0.39, 0.29) is 25.7 Å². The van der Waals surface area contributed by atoms with Crippen LogP contribution in [0.2, 0.25) is 0 Å². The van der Waals surface area contributed by atoms with Gasteiger partial charge in [-0.3, -0.25) is 37.3 Å². The van der Waals surface area contributed by atoms with E-state index >= 15 is 0 Å². The van der Waals surface area contributed by atoms with Crippen LogP contribution in [0.15, 0.2) is 0 Å². The van der Waals surface area contributed by atoms with Gasteiger partial charge in [-0.05, 0) is 49.4 Å². The summed E-state index contributed by atoms with van der Waals surface area (Å²) in [4.78, 5) is 73.2. The summed E-state index contributed by atoms with van der Waals surface area (Å²) in [5, 5.41) is 10.7. The van der Waals surface area contributed by atoms with Crippen molar-refractivity contribution in [3.63, 3.8) is 0 Å². The van der Waals surface area contributed by atoms with Crippen molar-refractivity contribution in [3.05, 3.63) is 0 Å². The zero-order chi connectivity index (χ0) is 78.8. The molecule has 0 amide bonds. The molecular formula is C88H172O17P2. The Balaban J connectivity index is 5.22. The number of phosphoric acid groups is 2. The van der Waals surface area contributed by atoms with Crippen LogP contribution in [-0.4, -0.2) is 96.7 Å². The zero-order valence-corrected chi connectivity index (χ0v) is 72.6. The van der Waals surface area contributed by atoms with Crippen molar-refractivity contribution in [1.29, 1.82) is 0 Å². The molecule has 0 aromatic heterocycles. The van der Waals surface area contributed by atoms with E-state index in [1.54, 1.807) is 0 Å². The van der Waals surface area contributed by atoms with Gasteiger partial charge >= 0.3 is 39.5 Å². The Labute approximate surface area is 658 Å². The summed E-state index contributed by atoms with van der Waals surface area (Å²) < 4.78 is 68.9. The third-order valence-corrected chi connectivity index (χ3v) is 23.6. The highest BCUT2D eigenvalue weighted by molar-refractivity contribution is 7.47. The minimum absolute atomic E-state index is 0.105. The highest BCUT2D eigenvalue weighted by Crippen LogP contribution is 2.45. The number of aliphatic hydroxyl groups is 1. The highest BCUT2D eigenvalue weighted by Gasteiger charge is 2.31. The van der Waals surface area contributed by atoms with Crippen molar-refractivity contribution in [1.82, 2.24) is 0 Å². The van der Waals surface area contributed by atoms with Crippen molar-refractivity contribution in [2.24, 2.45) is 23.7 Å². The second-order valence-electron chi connectivity index (χ2n) is 32.8. The lowest BCUT2D eigenvalue weighted by atomic mass is 9.99. The number of carbonyl (C=O) groups is 4. The quantitative estimate of drug-likeness (QED) is 0.0222. The summed E-state index contributed by atoms with van der Waals surface area (Å²) in [5.74, 6) is 1.12. The summed E-state index contributed by atoms with van der Waals surface area (Å²) in [6.45, 7) is 14.4. The van der Waals surface area contributed by atoms with Crippen LogP contribution in [0.3, 0.4) is 0 Å². The molecule has 0 aromatic rings. The van der Waals surface area contributed by atoms with Gasteiger partial charge in [0.05, 0.1) is 26.4 Å². The number of aliphatic hydroxyl groups excluding tert-OH is 1. The SMILES string of the molecule is CCC(C)CCCCCCCCCCCCCCCCCCCCC(=O)OC[C@H](COP(=O)(O)OC[C@@H](O)COP(=O)(O)OC[C@@H](COC(=O)CCCCCCCCC(C)CC)OC(=O)CCCCCCCCCCCCC(C)CC)OC(=O)CCCCCCCCCCCCCCCCCCCCC(C)C. The van der Waals surface area contributed by atoms with Crippen molar-refractivity contribution in [2.45, 2.75) is 478 Å². The second kappa shape index (κ2) is 76.7. The molecule has 636 valence electrons. The molecule has 3 N–H and O–H groups in total. The van der Waals surface area contributed by atoms with Crippen LogP contribution < -0.4 is 0 Å². The van der Waals surface area contributed by atoms with Crippen LogP contribution in [0.1, 0.15) is 460 Å². The molecule has 17 nitrogen and oxygen atoms in total. The van der Waals surface area contributed by atoms with Gasteiger partial charge in [0.1, 0.15) is 19.3 Å². The number of hydrogen-bond donors (Lipinski definition) is 3. The number of esters is 4. The van der Waals surface area contributed by atoms with Gasteiger partial charge in [-0.25, -0.2) is 9.13 Å². The topological polar surface area (TPSA) is 237 Å². The van der Waals surface area contributed by atoms with Gasteiger partial charge in [0.25, 0.3) is 0 Å². The highest BCUT2D eigenvalue weighted by atomic mass is 31.2. The monoisotopic (exact) mass is 1560 g/mol. The number of hydrogen-bond acceptors (Lipinski definition) is 15. The first-order chi connectivity index (χ1) is 51.7. The van der Waals surface area contributed by atoms with Gasteiger partial charge in [0.2, 0.25) is 0 Å². The molecule has 0 radical (unpaired) electrons. The van der Waals surface area contributed by atoms with E-state index in [2.05, 4.69) is 55.4 Å². The second-order valence-corrected chi connectivity index (χ2v) is 35.7. The molecule has 0 spiro atoms. The summed E-state index contributed by atoms with van der Waals surface area (Å²) >= 11 is 0. The molecule has 0 aromatic carbocycles. The maximum absolute atomic E-state index is 13.2. The average molecular weight is 1560 g/mol. The molecule has 0 fully saturated rings. The van der Waals surface area contributed by atoms with Crippen molar-refractivity contribution in [2.75, 3.05) is 39.6 Å². The molecule has 0 heterocycles. The molecule has 0 bridgehead atoms. The van der Waals surface area contributed by atoms with E-state index in [1.807, 2.05) is 0 Å². The summed E-state index contributed by atoms with van der Waals surface area (Å²) in [7, 11) is -9.93. The third kappa shape index (κ3) is 77.8. The smallest absolute Gasteiger partial charge is 0.462 e. The van der Waals surface area contributed by atoms with Crippen molar-refractivity contribution >= 4 is 39.5 Å². The minimum atomic E-state index is -4.97. The Kier molecular flexibility index (Phi) is 75.3. The maximum Gasteiger partial charge on any atom is 0.472 e. The molecule has 5 unspecified atom stereocenters. The van der Waals surface area contributed by atoms with Crippen LogP contribution in [-0.2, 0) is 65.4 Å². The summed E-state index contributed by atoms with van der Waals surface area (Å²) in [6, 6.07) is 0. The Morgan fingerprint density at radius 2 is 0.449 bits per heavy atom. The van der Waals surface area contributed by atoms with Crippen LogP contribution in [0, 0.1) is 23.7 Å². The molecule has 0 aliphatic rings. The van der Waals surface area contributed by atoms with E-state index in [9.17, 15) is 43.2 Å². The average Bonchev–Trinajstić information content (AvgIpc) is 0.901. The Hall–Kier alpha value is -1.94. The van der Waals surface area contributed by atoms with Gasteiger partial charge < -0.3 is 33.8 Å². The minimum Gasteiger partial charge on any atom is -0.462 e. The van der Waals surface area contributed by atoms with Crippen LogP contribution in [0.25, 0.3) is 0 Å². The van der Waals surface area contributed by atoms with Crippen LogP contribution in [0.5, 0.6) is 0 Å². The summed E-state index contributed by atoms with van der Waals surface area (Å²) in [5.41, 5.74) is 0. The predicted molar refractivity (Wildman–Crippen MR) is 441 cm³/mol. The number of unbranched alkanes of at least 4 members (excludes halogenated alkanes) is 48. The predicted octanol–water partition coefficient (Wildman–Crippen LogP) is 26.7. The molecule has 0 aliphatic carbocycles. The first kappa shape index (κ1) is 105. The van der Waals surface area contributed by atoms with Crippen molar-refractivity contribution < 1.29 is 80.2 Å². The Bertz CT molecular complexity index is 2080. The standard InChI is InChI=1S/C88H172O17P2/c1-9-79(6)65-57-49-41-35-29-25-21-17-13-15-18-22-26-30-37-43-52-60-68-85(90)98-74-83(104-87(92)70-62-54-44-38-31-27-23-19-14-12-16-20-24-28-34-40-48-56-64-78(4)5)76-102-106(94,95)100-72-82(89)73-101-107(96,97)103-77-84(75-99-86(91)69-61-53-47-46-51-59-67-81(8)11-3)105-88(93)71-63-55-45-39-33-32-36-42-50-58-66-80(7)10-2/h78-84,89H,9-77H2,1-8H3,(H,94,95)(H,96,97)/t79?,80?,81?,82-,83-,84-/m1/s1. The van der Waals surface area contributed by atoms with Gasteiger partial charge in [-0.2, -0.15) is 0 Å². The fourth-order valence-corrected chi connectivity index (χ4v) is 15.2. The molecule has 0 saturated carbocycles. The molecule has 8 atom stereocenters. The first-order valence-electron chi connectivity index (χ1n) is 45.3. The van der Waals surface area contributed by atoms with Gasteiger partial charge in [0.15, 0.2) is 12.2 Å². The first-order valence-corrected chi connectivity index (χ1v) is 48.3. The molecule has 0 aliphatic heterocycles. The number of phosphoric ester groups is 2. The fraction of sp³-hybridized carbons (Fsp3) is 0.955. The van der Waals surface area contributed by atoms with E-state index in [4.69, 9.17) is 37.0 Å². The van der Waals surface area contributed by atoms with E-state index in [1.165, 1.54) is 257 Å². The van der Waals surface area contributed by atoms with Gasteiger partial charge in [-0.15, -0.1) is 0 Å². The lowest BCUT2D eigenvalue weighted by Gasteiger charge is -2.21. The van der Waals surface area contributed by atoms with E-state index in [0.717, 1.165) is 120 Å². The lowest BCUT2D eigenvalue weighted by Crippen LogP contribution is -2.30. The lowest BCUT2D eigenvalue weighted by molar-refractivity contribution is -0.161. The Morgan fingerprint density at radius 3 is 0.664 bits per heavy atom. The van der Waals surface area contributed by atoms with Crippen LogP contribution in [0.4, 0.5) is 0 Å². The fourth-order valence-electron chi connectivity index (χ4n) is 13.6. The molecule has 107 heavy (non-hydrogen) atoms. The molecule has 0 rings (SSSR count). The van der Waals surface area contributed by atoms with Crippen molar-refractivity contribution in [3.8, 4) is 0 Å². The molecular weight excluding hydrogens is 1390 g/mol. The van der Waals surface area contributed by atoms with Gasteiger partial charge in [0, 0.05) is 25.7 Å². The Morgan fingerprint density at radius 1 is 0.262 bits per heavy atom.